The molecule has 0 aliphatic carbocycles. The summed E-state index contributed by atoms with van der Waals surface area (Å²) in [6, 6.07) is 1.21. The molecule has 2 heterocycles. The monoisotopic (exact) mass is 266 g/mol. The first kappa shape index (κ1) is 13.5. The summed E-state index contributed by atoms with van der Waals surface area (Å²) in [5, 5.41) is 7.10. The van der Waals surface area contributed by atoms with E-state index >= 15 is 0 Å². The molecule has 0 radical (unpaired) electrons. The van der Waals surface area contributed by atoms with Gasteiger partial charge in [-0.2, -0.15) is 5.10 Å². The highest BCUT2D eigenvalue weighted by Crippen LogP contribution is 2.07. The van der Waals surface area contributed by atoms with Crippen LogP contribution in [-0.2, 0) is 20.9 Å². The SMILES string of the molecule is CCOC(=O)C1CNCCN1C(=O)Cn1cccn1. The number of rotatable bonds is 4. The molecular weight excluding hydrogens is 248 g/mol. The highest BCUT2D eigenvalue weighted by atomic mass is 16.5. The highest BCUT2D eigenvalue weighted by molar-refractivity contribution is 5.85. The average Bonchev–Trinajstić information content (AvgIpc) is 2.92. The Morgan fingerprint density at radius 1 is 1.53 bits per heavy atom. The van der Waals surface area contributed by atoms with Crippen LogP contribution in [0.15, 0.2) is 18.5 Å². The summed E-state index contributed by atoms with van der Waals surface area (Å²) in [4.78, 5) is 25.6. The van der Waals surface area contributed by atoms with Gasteiger partial charge in [0.25, 0.3) is 0 Å². The largest absolute Gasteiger partial charge is 0.464 e. The van der Waals surface area contributed by atoms with Gasteiger partial charge in [-0.1, -0.05) is 0 Å². The van der Waals surface area contributed by atoms with Crippen molar-refractivity contribution in [2.75, 3.05) is 26.2 Å². The maximum absolute atomic E-state index is 12.2. The van der Waals surface area contributed by atoms with Crippen LogP contribution < -0.4 is 5.32 Å². The fraction of sp³-hybridized carbons (Fsp3) is 0.583. The Hall–Kier alpha value is -1.89. The van der Waals surface area contributed by atoms with Crippen LogP contribution in [-0.4, -0.2) is 58.8 Å². The van der Waals surface area contributed by atoms with E-state index in [0.717, 1.165) is 0 Å². The number of carbonyl (C=O) groups excluding carboxylic acids is 2. The minimum atomic E-state index is -0.545. The third-order valence-electron chi connectivity index (χ3n) is 2.98. The summed E-state index contributed by atoms with van der Waals surface area (Å²) in [7, 11) is 0. The molecule has 104 valence electrons. The molecule has 1 aromatic heterocycles. The van der Waals surface area contributed by atoms with Gasteiger partial charge in [0.05, 0.1) is 6.61 Å². The third-order valence-corrected chi connectivity index (χ3v) is 2.98. The topological polar surface area (TPSA) is 76.5 Å². The first-order chi connectivity index (χ1) is 9.22. The lowest BCUT2D eigenvalue weighted by Crippen LogP contribution is -2.58. The lowest BCUT2D eigenvalue weighted by molar-refractivity contribution is -0.156. The molecule has 7 heteroatoms. The van der Waals surface area contributed by atoms with E-state index in [0.29, 0.717) is 26.2 Å². The van der Waals surface area contributed by atoms with E-state index in [1.54, 1.807) is 35.0 Å². The van der Waals surface area contributed by atoms with Crippen molar-refractivity contribution in [1.82, 2.24) is 20.0 Å². The van der Waals surface area contributed by atoms with Crippen molar-refractivity contribution in [2.45, 2.75) is 19.5 Å². The van der Waals surface area contributed by atoms with Crippen LogP contribution in [0.1, 0.15) is 6.92 Å². The zero-order chi connectivity index (χ0) is 13.7. The molecular formula is C12H18N4O3. The van der Waals surface area contributed by atoms with Crippen molar-refractivity contribution in [2.24, 2.45) is 0 Å². The standard InChI is InChI=1S/C12H18N4O3/c1-2-19-12(18)10-8-13-5-7-16(10)11(17)9-15-6-3-4-14-15/h3-4,6,10,13H,2,5,7-9H2,1H3. The van der Waals surface area contributed by atoms with Crippen molar-refractivity contribution in [3.05, 3.63) is 18.5 Å². The van der Waals surface area contributed by atoms with Crippen LogP contribution >= 0.6 is 0 Å². The van der Waals surface area contributed by atoms with E-state index < -0.39 is 6.04 Å². The van der Waals surface area contributed by atoms with Crippen LogP contribution in [0.4, 0.5) is 0 Å². The number of piperazine rings is 1. The fourth-order valence-electron chi connectivity index (χ4n) is 2.08. The van der Waals surface area contributed by atoms with Crippen LogP contribution in [0, 0.1) is 0 Å². The number of nitrogens with zero attached hydrogens (tertiary/aromatic N) is 3. The van der Waals surface area contributed by atoms with Crippen LogP contribution in [0.5, 0.6) is 0 Å². The molecule has 0 spiro atoms. The minimum Gasteiger partial charge on any atom is -0.464 e. The van der Waals surface area contributed by atoms with E-state index in [1.807, 2.05) is 0 Å². The number of aromatic nitrogens is 2. The van der Waals surface area contributed by atoms with Gasteiger partial charge >= 0.3 is 5.97 Å². The maximum Gasteiger partial charge on any atom is 0.330 e. The molecule has 7 nitrogen and oxygen atoms in total. The summed E-state index contributed by atoms with van der Waals surface area (Å²) in [5.74, 6) is -0.480. The van der Waals surface area contributed by atoms with Crippen molar-refractivity contribution in [1.29, 1.82) is 0 Å². The highest BCUT2D eigenvalue weighted by Gasteiger charge is 2.33. The van der Waals surface area contributed by atoms with Gasteiger partial charge in [0, 0.05) is 32.0 Å². The van der Waals surface area contributed by atoms with E-state index in [2.05, 4.69) is 10.4 Å². The van der Waals surface area contributed by atoms with Gasteiger partial charge in [-0.3, -0.25) is 9.48 Å². The summed E-state index contributed by atoms with van der Waals surface area (Å²) >= 11 is 0. The zero-order valence-electron chi connectivity index (χ0n) is 10.9. The minimum absolute atomic E-state index is 0.122. The molecule has 1 amide bonds. The van der Waals surface area contributed by atoms with Gasteiger partial charge in [-0.15, -0.1) is 0 Å². The molecule has 1 aliphatic rings. The summed E-state index contributed by atoms with van der Waals surface area (Å²) in [6.45, 7) is 3.83. The molecule has 1 aromatic rings. The van der Waals surface area contributed by atoms with E-state index in [9.17, 15) is 9.59 Å². The van der Waals surface area contributed by atoms with Gasteiger partial charge in [0.1, 0.15) is 12.6 Å². The summed E-state index contributed by atoms with van der Waals surface area (Å²) < 4.78 is 6.55. The molecule has 19 heavy (non-hydrogen) atoms. The van der Waals surface area contributed by atoms with Crippen LogP contribution in [0.25, 0.3) is 0 Å². The Labute approximate surface area is 111 Å². The predicted octanol–water partition coefficient (Wildman–Crippen LogP) is -0.753. The first-order valence-corrected chi connectivity index (χ1v) is 6.36. The molecule has 1 fully saturated rings. The number of amides is 1. The van der Waals surface area contributed by atoms with Gasteiger partial charge in [-0.25, -0.2) is 4.79 Å². The molecule has 1 saturated heterocycles. The van der Waals surface area contributed by atoms with Crippen molar-refractivity contribution in [3.8, 4) is 0 Å². The Balaban J connectivity index is 2.02. The Kier molecular flexibility index (Phi) is 4.51. The van der Waals surface area contributed by atoms with Gasteiger partial charge < -0.3 is 15.0 Å². The van der Waals surface area contributed by atoms with Gasteiger partial charge in [-0.05, 0) is 13.0 Å². The number of nitrogens with one attached hydrogen (secondary N) is 1. The van der Waals surface area contributed by atoms with E-state index in [-0.39, 0.29) is 18.4 Å². The van der Waals surface area contributed by atoms with Crippen LogP contribution in [0.3, 0.4) is 0 Å². The second-order valence-corrected chi connectivity index (χ2v) is 4.26. The number of carbonyl (C=O) groups is 2. The van der Waals surface area contributed by atoms with Gasteiger partial charge in [0.2, 0.25) is 5.91 Å². The van der Waals surface area contributed by atoms with Crippen molar-refractivity contribution < 1.29 is 14.3 Å². The Bertz CT molecular complexity index is 432. The molecule has 1 unspecified atom stereocenters. The maximum atomic E-state index is 12.2. The molecule has 1 aliphatic heterocycles. The molecule has 0 bridgehead atoms. The number of hydrogen-bond acceptors (Lipinski definition) is 5. The predicted molar refractivity (Wildman–Crippen MR) is 67.2 cm³/mol. The molecule has 0 saturated carbocycles. The van der Waals surface area contributed by atoms with Crippen molar-refractivity contribution >= 4 is 11.9 Å². The van der Waals surface area contributed by atoms with Crippen molar-refractivity contribution in [3.63, 3.8) is 0 Å². The lowest BCUT2D eigenvalue weighted by atomic mass is 10.2. The second kappa shape index (κ2) is 6.33. The number of ether oxygens (including phenoxy) is 1. The second-order valence-electron chi connectivity index (χ2n) is 4.26. The number of hydrogen-bond donors (Lipinski definition) is 1. The quantitative estimate of drug-likeness (QED) is 0.725. The van der Waals surface area contributed by atoms with Crippen LogP contribution in [0.2, 0.25) is 0 Å². The zero-order valence-corrected chi connectivity index (χ0v) is 10.9. The third kappa shape index (κ3) is 3.31. The fourth-order valence-corrected chi connectivity index (χ4v) is 2.08. The smallest absolute Gasteiger partial charge is 0.330 e. The molecule has 1 atom stereocenters. The normalized spacial score (nSPS) is 19.2. The first-order valence-electron chi connectivity index (χ1n) is 6.36. The summed E-state index contributed by atoms with van der Waals surface area (Å²) in [6.07, 6.45) is 3.34. The lowest BCUT2D eigenvalue weighted by Gasteiger charge is -2.34. The van der Waals surface area contributed by atoms with E-state index in [1.165, 1.54) is 0 Å². The molecule has 1 N–H and O–H groups in total. The van der Waals surface area contributed by atoms with Gasteiger partial charge in [0.15, 0.2) is 0 Å². The molecule has 0 aromatic carbocycles. The Morgan fingerprint density at radius 3 is 3.05 bits per heavy atom. The average molecular weight is 266 g/mol. The van der Waals surface area contributed by atoms with E-state index in [4.69, 9.17) is 4.74 Å². The number of esters is 1. The summed E-state index contributed by atoms with van der Waals surface area (Å²) in [5.41, 5.74) is 0. The molecule has 2 rings (SSSR count). The Morgan fingerprint density at radius 2 is 2.37 bits per heavy atom.